The average molecular weight is 524 g/mol. The first-order chi connectivity index (χ1) is 18.1. The summed E-state index contributed by atoms with van der Waals surface area (Å²) < 4.78 is 0. The van der Waals surface area contributed by atoms with Crippen LogP contribution in [0.4, 0.5) is 0 Å². The van der Waals surface area contributed by atoms with Gasteiger partial charge in [0.15, 0.2) is 5.96 Å². The average Bonchev–Trinajstić information content (AvgIpc) is 3.29. The first kappa shape index (κ1) is 28.0. The number of rotatable bonds is 13. The SMILES string of the molecule is NC(N)=NCCCC(N)C(=O)NC(Cc1c[nH]c2ccccc12)C(=O)NC(Cc1ccc(O)cc1)C(=O)O. The molecule has 202 valence electrons. The molecule has 1 aromatic heterocycles. The molecule has 0 fully saturated rings. The molecule has 38 heavy (non-hydrogen) atoms. The number of hydrogen-bond donors (Lipinski definition) is 8. The van der Waals surface area contributed by atoms with Crippen LogP contribution in [0.25, 0.3) is 10.9 Å². The number of carbonyl (C=O) groups is 3. The maximum Gasteiger partial charge on any atom is 0.326 e. The maximum atomic E-state index is 13.3. The number of para-hydroxylation sites is 1. The second kappa shape index (κ2) is 13.1. The van der Waals surface area contributed by atoms with Gasteiger partial charge in [0.05, 0.1) is 6.04 Å². The molecule has 0 aliphatic rings. The molecule has 3 unspecified atom stereocenters. The lowest BCUT2D eigenvalue weighted by molar-refractivity contribution is -0.142. The number of aromatic hydroxyl groups is 1. The summed E-state index contributed by atoms with van der Waals surface area (Å²) in [7, 11) is 0. The monoisotopic (exact) mass is 523 g/mol. The van der Waals surface area contributed by atoms with Crippen molar-refractivity contribution in [1.29, 1.82) is 0 Å². The Morgan fingerprint density at radius 1 is 0.947 bits per heavy atom. The summed E-state index contributed by atoms with van der Waals surface area (Å²) >= 11 is 0. The number of carboxylic acid groups (broad SMARTS) is 1. The molecule has 2 aromatic carbocycles. The zero-order valence-electron chi connectivity index (χ0n) is 20.8. The Balaban J connectivity index is 1.76. The fourth-order valence-electron chi connectivity index (χ4n) is 4.00. The second-order valence-electron chi connectivity index (χ2n) is 8.95. The maximum absolute atomic E-state index is 13.3. The van der Waals surface area contributed by atoms with Crippen LogP contribution in [-0.4, -0.2) is 63.6 Å². The summed E-state index contributed by atoms with van der Waals surface area (Å²) in [6, 6.07) is 10.2. The number of nitrogens with zero attached hydrogens (tertiary/aromatic N) is 1. The van der Waals surface area contributed by atoms with Crippen molar-refractivity contribution in [3.05, 3.63) is 65.9 Å². The molecule has 0 saturated carbocycles. The standard InChI is InChI=1S/C26H33N7O5/c27-19(5-3-11-30-26(28)29)23(35)32-21(13-16-14-31-20-6-2-1-4-18(16)20)24(36)33-22(25(37)38)12-15-7-9-17(34)10-8-15/h1-2,4,6-10,14,19,21-22,31,34H,3,5,11-13,27H2,(H,32,35)(H,33,36)(H,37,38)(H4,28,29,30). The topological polar surface area (TPSA) is 222 Å². The van der Waals surface area contributed by atoms with Gasteiger partial charge in [-0.1, -0.05) is 30.3 Å². The Morgan fingerprint density at radius 2 is 1.63 bits per heavy atom. The predicted octanol–water partition coefficient (Wildman–Crippen LogP) is 0.0938. The Labute approximate surface area is 219 Å². The minimum Gasteiger partial charge on any atom is -0.508 e. The van der Waals surface area contributed by atoms with Crippen molar-refractivity contribution < 1.29 is 24.6 Å². The van der Waals surface area contributed by atoms with Gasteiger partial charge in [0.25, 0.3) is 0 Å². The van der Waals surface area contributed by atoms with Crippen molar-refractivity contribution in [3.63, 3.8) is 0 Å². The Bertz CT molecular complexity index is 1280. The van der Waals surface area contributed by atoms with Crippen LogP contribution in [0.1, 0.15) is 24.0 Å². The summed E-state index contributed by atoms with van der Waals surface area (Å²) in [6.45, 7) is 0.306. The number of aliphatic carboxylic acids is 1. The number of benzene rings is 2. The zero-order valence-corrected chi connectivity index (χ0v) is 20.8. The van der Waals surface area contributed by atoms with Crippen molar-refractivity contribution in [3.8, 4) is 5.75 Å². The molecule has 0 saturated heterocycles. The van der Waals surface area contributed by atoms with E-state index in [-0.39, 0.29) is 31.0 Å². The number of amides is 2. The fraction of sp³-hybridized carbons (Fsp3) is 0.308. The number of aromatic amines is 1. The van der Waals surface area contributed by atoms with Crippen LogP contribution in [0.5, 0.6) is 5.75 Å². The van der Waals surface area contributed by atoms with E-state index in [9.17, 15) is 24.6 Å². The second-order valence-corrected chi connectivity index (χ2v) is 8.95. The number of nitrogens with two attached hydrogens (primary N) is 3. The minimum absolute atomic E-state index is 0.0145. The third-order valence-corrected chi connectivity index (χ3v) is 6.03. The number of guanidine groups is 1. The lowest BCUT2D eigenvalue weighted by Gasteiger charge is -2.23. The van der Waals surface area contributed by atoms with E-state index in [1.165, 1.54) is 12.1 Å². The van der Waals surface area contributed by atoms with Gasteiger partial charge in [-0.3, -0.25) is 14.6 Å². The van der Waals surface area contributed by atoms with E-state index in [4.69, 9.17) is 17.2 Å². The molecular weight excluding hydrogens is 490 g/mol. The highest BCUT2D eigenvalue weighted by atomic mass is 16.4. The van der Waals surface area contributed by atoms with Crippen LogP contribution in [0, 0.1) is 0 Å². The van der Waals surface area contributed by atoms with E-state index in [0.717, 1.165) is 16.5 Å². The van der Waals surface area contributed by atoms with Gasteiger partial charge >= 0.3 is 5.97 Å². The first-order valence-corrected chi connectivity index (χ1v) is 12.1. The molecule has 1 heterocycles. The van der Waals surface area contributed by atoms with E-state index in [2.05, 4.69) is 20.6 Å². The summed E-state index contributed by atoms with van der Waals surface area (Å²) in [5, 5.41) is 25.3. The van der Waals surface area contributed by atoms with Crippen LogP contribution >= 0.6 is 0 Å². The minimum atomic E-state index is -1.26. The lowest BCUT2D eigenvalue weighted by Crippen LogP contribution is -2.55. The molecular formula is C26H33N7O5. The molecule has 3 rings (SSSR count). The van der Waals surface area contributed by atoms with Gasteiger partial charge in [-0.05, 0) is 42.2 Å². The fourth-order valence-corrected chi connectivity index (χ4v) is 4.00. The summed E-state index contributed by atoms with van der Waals surface area (Å²) in [5.74, 6) is -2.47. The van der Waals surface area contributed by atoms with Gasteiger partial charge in [0.2, 0.25) is 11.8 Å². The Kier molecular flexibility index (Phi) is 9.66. The summed E-state index contributed by atoms with van der Waals surface area (Å²) in [4.78, 5) is 45.1. The summed E-state index contributed by atoms with van der Waals surface area (Å²) in [6.07, 6.45) is 2.58. The number of fused-ring (bicyclic) bond motifs is 1. The molecule has 0 aliphatic carbocycles. The van der Waals surface area contributed by atoms with Crippen molar-refractivity contribution >= 4 is 34.6 Å². The number of phenols is 1. The van der Waals surface area contributed by atoms with Crippen LogP contribution in [0.2, 0.25) is 0 Å². The van der Waals surface area contributed by atoms with Crippen LogP contribution < -0.4 is 27.8 Å². The predicted molar refractivity (Wildman–Crippen MR) is 143 cm³/mol. The number of carboxylic acids is 1. The molecule has 11 N–H and O–H groups in total. The number of phenolic OH excluding ortho intramolecular Hbond substituents is 1. The van der Waals surface area contributed by atoms with Crippen LogP contribution in [-0.2, 0) is 27.2 Å². The molecule has 0 radical (unpaired) electrons. The zero-order chi connectivity index (χ0) is 27.7. The highest BCUT2D eigenvalue weighted by Gasteiger charge is 2.29. The summed E-state index contributed by atoms with van der Waals surface area (Å²) in [5.41, 5.74) is 18.9. The molecule has 0 spiro atoms. The Hall–Kier alpha value is -4.58. The van der Waals surface area contributed by atoms with Gasteiger partial charge < -0.3 is 43.0 Å². The third kappa shape index (κ3) is 7.96. The lowest BCUT2D eigenvalue weighted by atomic mass is 10.0. The van der Waals surface area contributed by atoms with Crippen molar-refractivity contribution in [1.82, 2.24) is 15.6 Å². The van der Waals surface area contributed by atoms with Crippen LogP contribution in [0.3, 0.4) is 0 Å². The van der Waals surface area contributed by atoms with Crippen molar-refractivity contribution in [2.45, 2.75) is 43.8 Å². The highest BCUT2D eigenvalue weighted by Crippen LogP contribution is 2.19. The van der Waals surface area contributed by atoms with E-state index < -0.39 is 35.9 Å². The van der Waals surface area contributed by atoms with Gasteiger partial charge in [0.1, 0.15) is 17.8 Å². The van der Waals surface area contributed by atoms with Crippen LogP contribution in [0.15, 0.2) is 59.7 Å². The number of H-pyrrole nitrogens is 1. The Morgan fingerprint density at radius 3 is 2.32 bits per heavy atom. The highest BCUT2D eigenvalue weighted by molar-refractivity contribution is 5.93. The quantitative estimate of drug-likeness (QED) is 0.0869. The molecule has 3 aromatic rings. The van der Waals surface area contributed by atoms with E-state index in [1.54, 1.807) is 18.3 Å². The number of hydrogen-bond acceptors (Lipinski definition) is 6. The molecule has 2 amide bonds. The normalized spacial score (nSPS) is 13.3. The van der Waals surface area contributed by atoms with Gasteiger partial charge in [0, 0.05) is 36.5 Å². The number of aromatic nitrogens is 1. The molecule has 12 nitrogen and oxygen atoms in total. The van der Waals surface area contributed by atoms with E-state index in [0.29, 0.717) is 18.5 Å². The molecule has 0 aliphatic heterocycles. The molecule has 0 bridgehead atoms. The van der Waals surface area contributed by atoms with Gasteiger partial charge in [-0.25, -0.2) is 4.79 Å². The van der Waals surface area contributed by atoms with E-state index in [1.807, 2.05) is 24.3 Å². The number of carbonyl (C=O) groups excluding carboxylic acids is 2. The first-order valence-electron chi connectivity index (χ1n) is 12.1. The number of aliphatic imine (C=N–C) groups is 1. The van der Waals surface area contributed by atoms with Gasteiger partial charge in [-0.2, -0.15) is 0 Å². The van der Waals surface area contributed by atoms with E-state index >= 15 is 0 Å². The molecule has 3 atom stereocenters. The van der Waals surface area contributed by atoms with Crippen molar-refractivity contribution in [2.24, 2.45) is 22.2 Å². The largest absolute Gasteiger partial charge is 0.508 e. The van der Waals surface area contributed by atoms with Gasteiger partial charge in [-0.15, -0.1) is 0 Å². The van der Waals surface area contributed by atoms with Crippen molar-refractivity contribution in [2.75, 3.05) is 6.54 Å². The smallest absolute Gasteiger partial charge is 0.326 e. The third-order valence-electron chi connectivity index (χ3n) is 6.03. The number of nitrogens with one attached hydrogen (secondary N) is 3. The molecule has 12 heteroatoms.